The second kappa shape index (κ2) is 7.48. The van der Waals surface area contributed by atoms with Gasteiger partial charge in [-0.2, -0.15) is 11.8 Å². The van der Waals surface area contributed by atoms with Crippen molar-refractivity contribution in [3.8, 4) is 0 Å². The molecule has 1 aliphatic rings. The van der Waals surface area contributed by atoms with Gasteiger partial charge in [0, 0.05) is 24.3 Å². The van der Waals surface area contributed by atoms with E-state index >= 15 is 0 Å². The fraction of sp³-hybridized carbons (Fsp3) is 0.818. The van der Waals surface area contributed by atoms with Crippen LogP contribution >= 0.6 is 11.8 Å². The van der Waals surface area contributed by atoms with Crippen LogP contribution in [-0.4, -0.2) is 52.4 Å². The molecule has 6 nitrogen and oxygen atoms in total. The van der Waals surface area contributed by atoms with E-state index in [0.29, 0.717) is 5.25 Å². The number of carbonyl (C=O) groups is 2. The summed E-state index contributed by atoms with van der Waals surface area (Å²) in [4.78, 5) is 22.4. The molecule has 0 aromatic carbocycles. The topological polar surface area (TPSA) is 98.7 Å². The first-order chi connectivity index (χ1) is 8.56. The van der Waals surface area contributed by atoms with Gasteiger partial charge < -0.3 is 20.8 Å². The minimum absolute atomic E-state index is 0.0147. The van der Waals surface area contributed by atoms with E-state index in [9.17, 15) is 9.59 Å². The molecule has 1 fully saturated rings. The lowest BCUT2D eigenvalue weighted by Crippen LogP contribution is -2.48. The Hall–Kier alpha value is -0.950. The molecule has 1 saturated carbocycles. The lowest BCUT2D eigenvalue weighted by atomic mass is 10.2. The Morgan fingerprint density at radius 3 is 2.67 bits per heavy atom. The van der Waals surface area contributed by atoms with Crippen molar-refractivity contribution < 1.29 is 19.8 Å². The van der Waals surface area contributed by atoms with E-state index in [1.165, 1.54) is 0 Å². The average Bonchev–Trinajstić information content (AvgIpc) is 2.76. The Morgan fingerprint density at radius 2 is 2.17 bits per heavy atom. The Bertz CT molecular complexity index is 301. The average molecular weight is 276 g/mol. The van der Waals surface area contributed by atoms with Gasteiger partial charge >= 0.3 is 12.0 Å². The van der Waals surface area contributed by atoms with Gasteiger partial charge in [0.1, 0.15) is 6.04 Å². The second-order valence-electron chi connectivity index (χ2n) is 4.39. The van der Waals surface area contributed by atoms with Gasteiger partial charge in [-0.15, -0.1) is 0 Å². The lowest BCUT2D eigenvalue weighted by molar-refractivity contribution is -0.139. The van der Waals surface area contributed by atoms with Crippen molar-refractivity contribution in [2.24, 2.45) is 0 Å². The largest absolute Gasteiger partial charge is 0.480 e. The predicted octanol–water partition coefficient (Wildman–Crippen LogP) is 0.405. The molecule has 18 heavy (non-hydrogen) atoms. The van der Waals surface area contributed by atoms with Crippen molar-refractivity contribution in [2.45, 2.75) is 43.0 Å². The molecule has 2 amide bonds. The molecule has 0 spiro atoms. The second-order valence-corrected chi connectivity index (χ2v) is 5.53. The fourth-order valence-electron chi connectivity index (χ4n) is 2.06. The number of aliphatic hydroxyl groups excluding tert-OH is 1. The highest BCUT2D eigenvalue weighted by Gasteiger charge is 2.26. The van der Waals surface area contributed by atoms with Crippen molar-refractivity contribution in [3.63, 3.8) is 0 Å². The van der Waals surface area contributed by atoms with E-state index in [0.717, 1.165) is 19.3 Å². The van der Waals surface area contributed by atoms with Crippen molar-refractivity contribution in [1.82, 2.24) is 10.6 Å². The van der Waals surface area contributed by atoms with Crippen LogP contribution in [0.5, 0.6) is 0 Å². The standard InChI is InChI=1S/C11H20N2O4S/c1-18-8-3-2-7(6-8)12-11(17)13-9(4-5-14)10(15)16/h7-9,14H,2-6H2,1H3,(H,15,16)(H2,12,13,17)/t7?,8?,9-/m1/s1. The molecule has 1 aliphatic carbocycles. The molecule has 4 N–H and O–H groups in total. The molecular weight excluding hydrogens is 256 g/mol. The van der Waals surface area contributed by atoms with Crippen LogP contribution in [0, 0.1) is 0 Å². The quantitative estimate of drug-likeness (QED) is 0.563. The fourth-order valence-corrected chi connectivity index (χ4v) is 2.85. The minimum atomic E-state index is -1.13. The molecule has 1 rings (SSSR count). The molecule has 2 unspecified atom stereocenters. The van der Waals surface area contributed by atoms with Crippen molar-refractivity contribution in [3.05, 3.63) is 0 Å². The summed E-state index contributed by atoms with van der Waals surface area (Å²) in [5, 5.41) is 23.3. The Morgan fingerprint density at radius 1 is 1.44 bits per heavy atom. The molecule has 0 heterocycles. The van der Waals surface area contributed by atoms with E-state index in [-0.39, 0.29) is 19.1 Å². The van der Waals surface area contributed by atoms with Crippen LogP contribution in [0.3, 0.4) is 0 Å². The highest BCUT2D eigenvalue weighted by Crippen LogP contribution is 2.27. The number of hydrogen-bond acceptors (Lipinski definition) is 4. The van der Waals surface area contributed by atoms with Gasteiger partial charge in [0.25, 0.3) is 0 Å². The van der Waals surface area contributed by atoms with Crippen molar-refractivity contribution in [2.75, 3.05) is 12.9 Å². The number of carboxylic acid groups (broad SMARTS) is 1. The first kappa shape index (κ1) is 15.1. The van der Waals surface area contributed by atoms with E-state index in [1.54, 1.807) is 11.8 Å². The summed E-state index contributed by atoms with van der Waals surface area (Å²) in [6.07, 6.45) is 4.99. The number of urea groups is 1. The van der Waals surface area contributed by atoms with Gasteiger partial charge in [-0.05, 0) is 25.5 Å². The van der Waals surface area contributed by atoms with Crippen molar-refractivity contribution in [1.29, 1.82) is 0 Å². The first-order valence-corrected chi connectivity index (χ1v) is 7.29. The monoisotopic (exact) mass is 276 g/mol. The van der Waals surface area contributed by atoms with Gasteiger partial charge in [0.15, 0.2) is 0 Å². The summed E-state index contributed by atoms with van der Waals surface area (Å²) in [5.74, 6) is -1.13. The normalized spacial score (nSPS) is 24.6. The Kier molecular flexibility index (Phi) is 6.28. The van der Waals surface area contributed by atoms with Gasteiger partial charge in [-0.3, -0.25) is 0 Å². The summed E-state index contributed by atoms with van der Waals surface area (Å²) in [5.41, 5.74) is 0. The number of aliphatic hydroxyl groups is 1. The maximum atomic E-state index is 11.6. The summed E-state index contributed by atoms with van der Waals surface area (Å²) in [6, 6.07) is -1.39. The van der Waals surface area contributed by atoms with Crippen LogP contribution in [0.25, 0.3) is 0 Å². The molecule has 104 valence electrons. The summed E-state index contributed by atoms with van der Waals surface area (Å²) in [7, 11) is 0. The smallest absolute Gasteiger partial charge is 0.326 e. The van der Waals surface area contributed by atoms with Gasteiger partial charge in [-0.25, -0.2) is 9.59 Å². The van der Waals surface area contributed by atoms with E-state index in [4.69, 9.17) is 10.2 Å². The van der Waals surface area contributed by atoms with E-state index in [1.807, 2.05) is 0 Å². The molecular formula is C11H20N2O4S. The number of carboxylic acids is 1. The van der Waals surface area contributed by atoms with Crippen LogP contribution in [0.4, 0.5) is 4.79 Å². The highest BCUT2D eigenvalue weighted by atomic mass is 32.2. The lowest BCUT2D eigenvalue weighted by Gasteiger charge is -2.17. The van der Waals surface area contributed by atoms with E-state index in [2.05, 4.69) is 16.9 Å². The van der Waals surface area contributed by atoms with E-state index < -0.39 is 18.0 Å². The third-order valence-corrected chi connectivity index (χ3v) is 4.17. The molecule has 0 bridgehead atoms. The maximum absolute atomic E-state index is 11.6. The summed E-state index contributed by atoms with van der Waals surface area (Å²) >= 11 is 1.79. The van der Waals surface area contributed by atoms with Crippen LogP contribution in [0.2, 0.25) is 0 Å². The van der Waals surface area contributed by atoms with Gasteiger partial charge in [0.05, 0.1) is 0 Å². The highest BCUT2D eigenvalue weighted by molar-refractivity contribution is 7.99. The van der Waals surface area contributed by atoms with Crippen LogP contribution in [0.15, 0.2) is 0 Å². The zero-order chi connectivity index (χ0) is 13.5. The SMILES string of the molecule is CSC1CCC(NC(=O)N[C@H](CCO)C(=O)O)C1. The third-order valence-electron chi connectivity index (χ3n) is 3.07. The molecule has 0 aliphatic heterocycles. The third kappa shape index (κ3) is 4.73. The zero-order valence-corrected chi connectivity index (χ0v) is 11.2. The number of nitrogens with one attached hydrogen (secondary N) is 2. The minimum Gasteiger partial charge on any atom is -0.480 e. The first-order valence-electron chi connectivity index (χ1n) is 6.00. The predicted molar refractivity (Wildman–Crippen MR) is 69.7 cm³/mol. The Labute approximate surface area is 111 Å². The van der Waals surface area contributed by atoms with Crippen LogP contribution < -0.4 is 10.6 Å². The van der Waals surface area contributed by atoms with Crippen LogP contribution in [-0.2, 0) is 4.79 Å². The number of aliphatic carboxylic acids is 1. The number of thioether (sulfide) groups is 1. The molecule has 7 heteroatoms. The molecule has 0 saturated heterocycles. The van der Waals surface area contributed by atoms with Gasteiger partial charge in [-0.1, -0.05) is 0 Å². The number of carbonyl (C=O) groups excluding carboxylic acids is 1. The number of rotatable bonds is 6. The Balaban J connectivity index is 2.34. The van der Waals surface area contributed by atoms with Gasteiger partial charge in [0.2, 0.25) is 0 Å². The molecule has 0 radical (unpaired) electrons. The molecule has 0 aromatic rings. The molecule has 0 aromatic heterocycles. The molecule has 3 atom stereocenters. The number of hydrogen-bond donors (Lipinski definition) is 4. The van der Waals surface area contributed by atoms with Crippen molar-refractivity contribution >= 4 is 23.8 Å². The van der Waals surface area contributed by atoms with Crippen LogP contribution in [0.1, 0.15) is 25.7 Å². The summed E-state index contributed by atoms with van der Waals surface area (Å²) < 4.78 is 0. The number of amides is 2. The zero-order valence-electron chi connectivity index (χ0n) is 10.4. The maximum Gasteiger partial charge on any atom is 0.326 e. The summed E-state index contributed by atoms with van der Waals surface area (Å²) in [6.45, 7) is -0.269.